The first-order chi connectivity index (χ1) is 30.9. The van der Waals surface area contributed by atoms with Crippen LogP contribution in [0.2, 0.25) is 0 Å². The highest BCUT2D eigenvalue weighted by atomic mass is 16.4. The molecule has 0 amide bonds. The average molecular weight is 817 g/mol. The first-order valence-electron chi connectivity index (χ1n) is 20.8. The van der Waals surface area contributed by atoms with Gasteiger partial charge in [0.2, 0.25) is 0 Å². The standard InChI is InChI=1S/C57H40N2O4/c60-55-42(31-40-21-9-13-25-46(40)53(55)51-44-23-11-7-19-38(44)27-29-48(51)36-15-3-1-4-16-36)33-58-35-50(57(62)63)59-34-43-32-41-22-10-14-26-47(41)54(56(43)61)52-45-24-12-8-20-39(45)28-30-49(52)37-17-5-2-6-18-37/h1-34,50,60-61H,35H2,(H,62,63)/t50-/m1/s1. The Morgan fingerprint density at radius 3 is 1.27 bits per heavy atom. The van der Waals surface area contributed by atoms with E-state index >= 15 is 0 Å². The van der Waals surface area contributed by atoms with Gasteiger partial charge in [0.1, 0.15) is 11.5 Å². The Bertz CT molecular complexity index is 3430. The quantitative estimate of drug-likeness (QED) is 0.120. The van der Waals surface area contributed by atoms with E-state index in [1.807, 2.05) is 121 Å². The molecule has 0 saturated heterocycles. The lowest BCUT2D eigenvalue weighted by Gasteiger charge is -2.19. The van der Waals surface area contributed by atoms with Crippen molar-refractivity contribution in [2.75, 3.05) is 6.54 Å². The molecule has 0 aliphatic heterocycles. The topological polar surface area (TPSA) is 102 Å². The number of aromatic hydroxyl groups is 2. The van der Waals surface area contributed by atoms with Crippen LogP contribution in [-0.4, -0.2) is 46.3 Å². The van der Waals surface area contributed by atoms with Crippen molar-refractivity contribution in [3.63, 3.8) is 0 Å². The maximum absolute atomic E-state index is 12.8. The molecule has 0 saturated carbocycles. The van der Waals surface area contributed by atoms with E-state index in [2.05, 4.69) is 82.8 Å². The largest absolute Gasteiger partial charge is 0.507 e. The van der Waals surface area contributed by atoms with Crippen molar-refractivity contribution < 1.29 is 20.1 Å². The van der Waals surface area contributed by atoms with Crippen LogP contribution in [-0.2, 0) is 4.79 Å². The van der Waals surface area contributed by atoms with Crippen LogP contribution in [0.1, 0.15) is 11.1 Å². The Balaban J connectivity index is 1.05. The number of rotatable bonds is 10. The second kappa shape index (κ2) is 16.6. The first-order valence-corrected chi connectivity index (χ1v) is 20.8. The molecule has 0 aliphatic carbocycles. The van der Waals surface area contributed by atoms with E-state index in [9.17, 15) is 20.1 Å². The van der Waals surface area contributed by atoms with Crippen molar-refractivity contribution in [2.45, 2.75) is 6.04 Å². The van der Waals surface area contributed by atoms with Crippen molar-refractivity contribution in [3.8, 4) is 56.0 Å². The number of benzene rings is 10. The van der Waals surface area contributed by atoms with Gasteiger partial charge in [-0.3, -0.25) is 9.98 Å². The molecule has 0 aliphatic rings. The molecule has 0 aromatic heterocycles. The highest BCUT2D eigenvalue weighted by molar-refractivity contribution is 6.16. The zero-order chi connectivity index (χ0) is 42.9. The molecule has 63 heavy (non-hydrogen) atoms. The fourth-order valence-electron chi connectivity index (χ4n) is 8.83. The molecule has 0 spiro atoms. The molecule has 10 rings (SSSR count). The van der Waals surface area contributed by atoms with Gasteiger partial charge in [0.25, 0.3) is 0 Å². The van der Waals surface area contributed by atoms with Gasteiger partial charge < -0.3 is 15.3 Å². The Morgan fingerprint density at radius 1 is 0.444 bits per heavy atom. The number of phenols is 2. The Kier molecular flexibility index (Phi) is 10.2. The lowest BCUT2D eigenvalue weighted by molar-refractivity contribution is -0.138. The van der Waals surface area contributed by atoms with Crippen molar-refractivity contribution in [2.24, 2.45) is 9.98 Å². The summed E-state index contributed by atoms with van der Waals surface area (Å²) in [4.78, 5) is 21.9. The second-order valence-electron chi connectivity index (χ2n) is 15.6. The highest BCUT2D eigenvalue weighted by Crippen LogP contribution is 2.48. The fraction of sp³-hybridized carbons (Fsp3) is 0.0351. The zero-order valence-corrected chi connectivity index (χ0v) is 34.1. The number of carboxylic acids is 1. The van der Waals surface area contributed by atoms with Crippen LogP contribution in [0.3, 0.4) is 0 Å². The van der Waals surface area contributed by atoms with E-state index in [1.54, 1.807) is 0 Å². The molecule has 10 aromatic carbocycles. The summed E-state index contributed by atoms with van der Waals surface area (Å²) in [6, 6.07) is 63.0. The lowest BCUT2D eigenvalue weighted by atomic mass is 9.86. The van der Waals surface area contributed by atoms with E-state index in [0.717, 1.165) is 76.5 Å². The van der Waals surface area contributed by atoms with Crippen LogP contribution >= 0.6 is 0 Å². The van der Waals surface area contributed by atoms with Gasteiger partial charge >= 0.3 is 5.97 Å². The number of nitrogens with zero attached hydrogens (tertiary/aromatic N) is 2. The number of carbonyl (C=O) groups is 1. The maximum Gasteiger partial charge on any atom is 0.330 e. The van der Waals surface area contributed by atoms with Crippen LogP contribution in [0.25, 0.3) is 87.6 Å². The molecule has 1 atom stereocenters. The van der Waals surface area contributed by atoms with Gasteiger partial charge in [0, 0.05) is 45.8 Å². The summed E-state index contributed by atoms with van der Waals surface area (Å²) >= 11 is 0. The lowest BCUT2D eigenvalue weighted by Crippen LogP contribution is -2.21. The summed E-state index contributed by atoms with van der Waals surface area (Å²) in [5, 5.41) is 42.4. The van der Waals surface area contributed by atoms with Crippen LogP contribution in [0.4, 0.5) is 0 Å². The van der Waals surface area contributed by atoms with E-state index < -0.39 is 12.0 Å². The van der Waals surface area contributed by atoms with E-state index in [-0.39, 0.29) is 18.0 Å². The van der Waals surface area contributed by atoms with Gasteiger partial charge in [-0.15, -0.1) is 0 Å². The third-order valence-corrected chi connectivity index (χ3v) is 11.8. The summed E-state index contributed by atoms with van der Waals surface area (Å²) in [7, 11) is 0. The SMILES string of the molecule is O=C(O)[C@@H](CN=Cc1cc2ccccc2c(-c2c(-c3ccccc3)ccc3ccccc23)c1O)N=Cc1cc2ccccc2c(-c2c(-c3ccccc3)ccc3ccccc23)c1O. The number of aliphatic imine (C=N–C) groups is 2. The molecular formula is C57H40N2O4. The molecule has 6 nitrogen and oxygen atoms in total. The number of hydrogen-bond donors (Lipinski definition) is 3. The summed E-state index contributed by atoms with van der Waals surface area (Å²) in [6.45, 7) is -0.209. The molecule has 3 N–H and O–H groups in total. The van der Waals surface area contributed by atoms with Gasteiger partial charge in [-0.1, -0.05) is 182 Å². The minimum atomic E-state index is -1.28. The van der Waals surface area contributed by atoms with Crippen LogP contribution in [0, 0.1) is 0 Å². The van der Waals surface area contributed by atoms with Gasteiger partial charge in [-0.25, -0.2) is 4.79 Å². The monoisotopic (exact) mass is 816 g/mol. The van der Waals surface area contributed by atoms with Crippen molar-refractivity contribution in [1.82, 2.24) is 0 Å². The molecule has 10 aromatic rings. The highest BCUT2D eigenvalue weighted by Gasteiger charge is 2.23. The number of phenolic OH excluding ortho intramolecular Hbond substituents is 2. The minimum absolute atomic E-state index is 0.00412. The zero-order valence-electron chi connectivity index (χ0n) is 34.1. The van der Waals surface area contributed by atoms with Gasteiger partial charge in [-0.05, 0) is 77.5 Å². The number of fused-ring (bicyclic) bond motifs is 4. The first kappa shape index (κ1) is 38.8. The van der Waals surface area contributed by atoms with Crippen molar-refractivity contribution in [3.05, 3.63) is 205 Å². The Hall–Kier alpha value is -8.35. The van der Waals surface area contributed by atoms with Crippen LogP contribution < -0.4 is 0 Å². The summed E-state index contributed by atoms with van der Waals surface area (Å²) in [6.07, 6.45) is 2.96. The second-order valence-corrected chi connectivity index (χ2v) is 15.6. The maximum atomic E-state index is 12.8. The smallest absolute Gasteiger partial charge is 0.330 e. The molecule has 0 radical (unpaired) electrons. The van der Waals surface area contributed by atoms with E-state index in [1.165, 1.54) is 12.4 Å². The van der Waals surface area contributed by atoms with E-state index in [4.69, 9.17) is 0 Å². The van der Waals surface area contributed by atoms with Gasteiger partial charge in [0.05, 0.1) is 6.54 Å². The van der Waals surface area contributed by atoms with E-state index in [0.29, 0.717) is 22.3 Å². The summed E-state index contributed by atoms with van der Waals surface area (Å²) in [5.74, 6) is -1.13. The van der Waals surface area contributed by atoms with Crippen molar-refractivity contribution in [1.29, 1.82) is 0 Å². The fourth-order valence-corrected chi connectivity index (χ4v) is 8.83. The molecule has 0 fully saturated rings. The predicted molar refractivity (Wildman–Crippen MR) is 259 cm³/mol. The number of hydrogen-bond acceptors (Lipinski definition) is 5. The summed E-state index contributed by atoms with van der Waals surface area (Å²) in [5.41, 5.74) is 7.85. The molecular weight excluding hydrogens is 777 g/mol. The molecule has 302 valence electrons. The number of aliphatic carboxylic acids is 1. The average Bonchev–Trinajstić information content (AvgIpc) is 3.33. The third-order valence-electron chi connectivity index (χ3n) is 11.8. The van der Waals surface area contributed by atoms with Crippen LogP contribution in [0.15, 0.2) is 204 Å². The number of carboxylic acid groups (broad SMARTS) is 1. The van der Waals surface area contributed by atoms with Gasteiger partial charge in [-0.2, -0.15) is 0 Å². The Labute approximate surface area is 364 Å². The Morgan fingerprint density at radius 2 is 0.825 bits per heavy atom. The molecule has 6 heteroatoms. The van der Waals surface area contributed by atoms with Crippen LogP contribution in [0.5, 0.6) is 11.5 Å². The molecule has 0 bridgehead atoms. The third kappa shape index (κ3) is 7.23. The minimum Gasteiger partial charge on any atom is -0.507 e. The normalized spacial score (nSPS) is 12.3. The molecule has 0 unspecified atom stereocenters. The van der Waals surface area contributed by atoms with Crippen molar-refractivity contribution >= 4 is 61.5 Å². The predicted octanol–water partition coefficient (Wildman–Crippen LogP) is 13.4. The summed E-state index contributed by atoms with van der Waals surface area (Å²) < 4.78 is 0. The van der Waals surface area contributed by atoms with Gasteiger partial charge in [0.15, 0.2) is 6.04 Å². The molecule has 0 heterocycles.